The van der Waals surface area contributed by atoms with Crippen molar-refractivity contribution in [2.75, 3.05) is 36.0 Å². The summed E-state index contributed by atoms with van der Waals surface area (Å²) >= 11 is 6.17. The molecule has 0 unspecified atom stereocenters. The highest BCUT2D eigenvalue weighted by molar-refractivity contribution is 6.32. The van der Waals surface area contributed by atoms with E-state index in [0.717, 1.165) is 42.3 Å². The zero-order chi connectivity index (χ0) is 19.8. The number of piperazine rings is 1. The number of hydrogen-bond acceptors (Lipinski definition) is 3. The van der Waals surface area contributed by atoms with Crippen LogP contribution in [0.2, 0.25) is 5.02 Å². The Balaban J connectivity index is 1.46. The molecule has 0 bridgehead atoms. The lowest BCUT2D eigenvalue weighted by Crippen LogP contribution is -3.19. The molecule has 2 aromatic rings. The van der Waals surface area contributed by atoms with Crippen molar-refractivity contribution in [1.82, 2.24) is 0 Å². The number of nitrogens with one attached hydrogen (secondary N) is 1. The summed E-state index contributed by atoms with van der Waals surface area (Å²) in [4.78, 5) is 30.3. The first-order valence-corrected chi connectivity index (χ1v) is 9.80. The van der Waals surface area contributed by atoms with Gasteiger partial charge in [-0.3, -0.25) is 9.59 Å². The van der Waals surface area contributed by atoms with Crippen molar-refractivity contribution >= 4 is 34.8 Å². The van der Waals surface area contributed by atoms with Crippen LogP contribution in [0.5, 0.6) is 0 Å². The molecule has 2 fully saturated rings. The first-order valence-electron chi connectivity index (χ1n) is 9.42. The minimum Gasteiger partial charge on any atom is -0.360 e. The Morgan fingerprint density at radius 3 is 2.43 bits per heavy atom. The largest absolute Gasteiger partial charge is 0.360 e. The molecule has 1 N–H and O–H groups in total. The molecule has 7 heteroatoms. The Hall–Kier alpha value is -2.44. The topological polar surface area (TPSA) is 45.1 Å². The number of benzene rings is 2. The predicted molar refractivity (Wildman–Crippen MR) is 106 cm³/mol. The Kier molecular flexibility index (Phi) is 5.08. The zero-order valence-corrected chi connectivity index (χ0v) is 16.4. The number of hydrogen-bond donors (Lipinski definition) is 1. The number of amides is 2. The molecule has 0 aliphatic carbocycles. The van der Waals surface area contributed by atoms with E-state index >= 15 is 0 Å². The third-order valence-electron chi connectivity index (χ3n) is 5.72. The minimum atomic E-state index is -0.360. The maximum absolute atomic E-state index is 13.1. The second-order valence-corrected chi connectivity index (χ2v) is 7.74. The fourth-order valence-corrected chi connectivity index (χ4v) is 4.26. The van der Waals surface area contributed by atoms with Gasteiger partial charge in [-0.15, -0.1) is 0 Å². The molecule has 2 aliphatic heterocycles. The number of halogens is 2. The standard InChI is InChI=1S/C21H21ClFN3O2/c1-14-17(22)3-2-4-18(14)26-20(27)13-19(21(26)28)25-11-9-24(10-12-25)16-7-5-15(23)6-8-16/h2-8,19H,9-13H2,1H3/p+1/t19-/m1/s1. The monoisotopic (exact) mass is 402 g/mol. The van der Waals surface area contributed by atoms with Crippen molar-refractivity contribution in [1.29, 1.82) is 0 Å². The van der Waals surface area contributed by atoms with Crippen molar-refractivity contribution < 1.29 is 18.9 Å². The second kappa shape index (κ2) is 7.53. The van der Waals surface area contributed by atoms with Gasteiger partial charge in [0, 0.05) is 10.7 Å². The van der Waals surface area contributed by atoms with E-state index in [4.69, 9.17) is 11.6 Å². The van der Waals surface area contributed by atoms with E-state index in [1.807, 2.05) is 6.92 Å². The van der Waals surface area contributed by atoms with Crippen LogP contribution in [0, 0.1) is 12.7 Å². The van der Waals surface area contributed by atoms with Crippen LogP contribution in [-0.2, 0) is 9.59 Å². The highest BCUT2D eigenvalue weighted by atomic mass is 35.5. The summed E-state index contributed by atoms with van der Waals surface area (Å²) < 4.78 is 13.1. The lowest BCUT2D eigenvalue weighted by atomic mass is 10.1. The molecule has 0 radical (unpaired) electrons. The van der Waals surface area contributed by atoms with Gasteiger partial charge in [0.25, 0.3) is 5.91 Å². The van der Waals surface area contributed by atoms with E-state index in [9.17, 15) is 14.0 Å². The number of anilines is 2. The highest BCUT2D eigenvalue weighted by Crippen LogP contribution is 2.30. The molecular formula is C21H22ClFN3O2+. The quantitative estimate of drug-likeness (QED) is 0.797. The van der Waals surface area contributed by atoms with Crippen molar-refractivity contribution in [3.05, 3.63) is 58.9 Å². The molecule has 2 aliphatic rings. The SMILES string of the molecule is Cc1c(Cl)cccc1N1C(=O)C[C@@H]([NH+]2CCN(c3ccc(F)cc3)CC2)C1=O. The lowest BCUT2D eigenvalue weighted by Gasteiger charge is -2.35. The normalized spacial score (nSPS) is 20.9. The molecule has 5 nitrogen and oxygen atoms in total. The molecule has 2 heterocycles. The van der Waals surface area contributed by atoms with Crippen LogP contribution < -0.4 is 14.7 Å². The maximum atomic E-state index is 13.1. The average molecular weight is 403 g/mol. The molecule has 0 spiro atoms. The van der Waals surface area contributed by atoms with Gasteiger partial charge in [-0.05, 0) is 48.9 Å². The molecule has 2 aromatic carbocycles. The molecule has 146 valence electrons. The van der Waals surface area contributed by atoms with Gasteiger partial charge in [0.2, 0.25) is 5.91 Å². The first kappa shape index (κ1) is 18.9. The molecule has 2 saturated heterocycles. The van der Waals surface area contributed by atoms with Crippen LogP contribution in [0.1, 0.15) is 12.0 Å². The molecular weight excluding hydrogens is 381 g/mol. The van der Waals surface area contributed by atoms with Gasteiger partial charge in [-0.2, -0.15) is 0 Å². The third kappa shape index (κ3) is 3.38. The number of imide groups is 1. The summed E-state index contributed by atoms with van der Waals surface area (Å²) in [6.07, 6.45) is 0.219. The van der Waals surface area contributed by atoms with Crippen LogP contribution in [-0.4, -0.2) is 44.0 Å². The van der Waals surface area contributed by atoms with Gasteiger partial charge in [-0.25, -0.2) is 9.29 Å². The molecule has 0 aromatic heterocycles. The number of carbonyl (C=O) groups is 2. The fraction of sp³-hybridized carbons (Fsp3) is 0.333. The smallest absolute Gasteiger partial charge is 0.292 e. The molecule has 0 saturated carbocycles. The van der Waals surface area contributed by atoms with Crippen LogP contribution in [0.25, 0.3) is 0 Å². The third-order valence-corrected chi connectivity index (χ3v) is 6.13. The van der Waals surface area contributed by atoms with Crippen LogP contribution in [0.4, 0.5) is 15.8 Å². The summed E-state index contributed by atoms with van der Waals surface area (Å²) in [6.45, 7) is 4.84. The van der Waals surface area contributed by atoms with Crippen LogP contribution >= 0.6 is 11.6 Å². The maximum Gasteiger partial charge on any atom is 0.292 e. The van der Waals surface area contributed by atoms with E-state index in [0.29, 0.717) is 10.7 Å². The van der Waals surface area contributed by atoms with Crippen molar-refractivity contribution in [2.24, 2.45) is 0 Å². The Labute approximate surface area is 168 Å². The summed E-state index contributed by atoms with van der Waals surface area (Å²) in [5.74, 6) is -0.575. The highest BCUT2D eigenvalue weighted by Gasteiger charge is 2.46. The van der Waals surface area contributed by atoms with Crippen LogP contribution in [0.15, 0.2) is 42.5 Å². The predicted octanol–water partition coefficient (Wildman–Crippen LogP) is 1.82. The van der Waals surface area contributed by atoms with E-state index in [2.05, 4.69) is 4.90 Å². The van der Waals surface area contributed by atoms with Gasteiger partial charge >= 0.3 is 0 Å². The molecule has 2 amide bonds. The summed E-state index contributed by atoms with van der Waals surface area (Å²) in [6, 6.07) is 11.4. The van der Waals surface area contributed by atoms with Gasteiger partial charge in [0.05, 0.1) is 38.3 Å². The number of nitrogens with zero attached hydrogens (tertiary/aromatic N) is 2. The number of quaternary nitrogens is 1. The van der Waals surface area contributed by atoms with Crippen molar-refractivity contribution in [3.63, 3.8) is 0 Å². The van der Waals surface area contributed by atoms with Gasteiger partial charge < -0.3 is 9.80 Å². The summed E-state index contributed by atoms with van der Waals surface area (Å²) in [7, 11) is 0. The Morgan fingerprint density at radius 2 is 1.75 bits per heavy atom. The summed E-state index contributed by atoms with van der Waals surface area (Å²) in [5.41, 5.74) is 2.29. The minimum absolute atomic E-state index is 0.152. The Bertz CT molecular complexity index is 910. The lowest BCUT2D eigenvalue weighted by molar-refractivity contribution is -0.915. The van der Waals surface area contributed by atoms with Gasteiger partial charge in [0.1, 0.15) is 5.82 Å². The number of carbonyl (C=O) groups excluding carboxylic acids is 2. The van der Waals surface area contributed by atoms with Crippen molar-refractivity contribution in [2.45, 2.75) is 19.4 Å². The molecule has 1 atom stereocenters. The number of rotatable bonds is 3. The molecule has 28 heavy (non-hydrogen) atoms. The zero-order valence-electron chi connectivity index (χ0n) is 15.6. The van der Waals surface area contributed by atoms with Gasteiger partial charge in [-0.1, -0.05) is 17.7 Å². The molecule has 4 rings (SSSR count). The summed E-state index contributed by atoms with van der Waals surface area (Å²) in [5, 5.41) is 0.543. The van der Waals surface area contributed by atoms with E-state index < -0.39 is 0 Å². The second-order valence-electron chi connectivity index (χ2n) is 7.33. The average Bonchev–Trinajstić information content (AvgIpc) is 2.99. The van der Waals surface area contributed by atoms with Crippen LogP contribution in [0.3, 0.4) is 0 Å². The fourth-order valence-electron chi connectivity index (χ4n) is 4.09. The van der Waals surface area contributed by atoms with Crippen molar-refractivity contribution in [3.8, 4) is 0 Å². The first-order chi connectivity index (χ1) is 13.5. The Morgan fingerprint density at radius 1 is 1.07 bits per heavy atom. The van der Waals surface area contributed by atoms with E-state index in [1.54, 1.807) is 30.3 Å². The van der Waals surface area contributed by atoms with Gasteiger partial charge in [0.15, 0.2) is 6.04 Å². The van der Waals surface area contributed by atoms with E-state index in [1.165, 1.54) is 17.0 Å². The van der Waals surface area contributed by atoms with E-state index in [-0.39, 0.29) is 30.1 Å².